The normalized spacial score (nSPS) is 12.7. The van der Waals surface area contributed by atoms with Gasteiger partial charge in [0.05, 0.1) is 5.69 Å². The first-order valence-electron chi connectivity index (χ1n) is 23.2. The van der Waals surface area contributed by atoms with Crippen molar-refractivity contribution in [2.45, 2.75) is 19.3 Å². The maximum Gasteiger partial charge on any atom is 0.136 e. The zero-order valence-electron chi connectivity index (χ0n) is 37.4. The molecule has 1 aromatic heterocycles. The van der Waals surface area contributed by atoms with Crippen LogP contribution in [0.15, 0.2) is 241 Å². The van der Waals surface area contributed by atoms with E-state index in [1.165, 1.54) is 60.5 Å². The number of anilines is 3. The summed E-state index contributed by atoms with van der Waals surface area (Å²) in [5.41, 5.74) is 19.8. The van der Waals surface area contributed by atoms with Gasteiger partial charge in [-0.25, -0.2) is 0 Å². The number of fused-ring (bicyclic) bond motifs is 9. The Bertz CT molecular complexity index is 3880. The topological polar surface area (TPSA) is 16.4 Å². The van der Waals surface area contributed by atoms with Crippen LogP contribution in [0.2, 0.25) is 0 Å². The number of benzene rings is 11. The largest absolute Gasteiger partial charge is 0.456 e. The fourth-order valence-electron chi connectivity index (χ4n) is 11.1. The fourth-order valence-corrected chi connectivity index (χ4v) is 11.1. The number of nitrogens with zero attached hydrogens (tertiary/aromatic N) is 1. The van der Waals surface area contributed by atoms with E-state index < -0.39 is 0 Å². The molecule has 1 aliphatic carbocycles. The second kappa shape index (κ2) is 15.3. The lowest BCUT2D eigenvalue weighted by molar-refractivity contribution is 0.662. The molecule has 2 nitrogen and oxygen atoms in total. The van der Waals surface area contributed by atoms with E-state index in [1.807, 2.05) is 6.07 Å². The van der Waals surface area contributed by atoms with Crippen LogP contribution in [0.3, 0.4) is 0 Å². The molecule has 0 N–H and O–H groups in total. The minimum Gasteiger partial charge on any atom is -0.456 e. The van der Waals surface area contributed by atoms with Crippen molar-refractivity contribution >= 4 is 60.5 Å². The van der Waals surface area contributed by atoms with E-state index in [1.54, 1.807) is 0 Å². The summed E-state index contributed by atoms with van der Waals surface area (Å²) in [4.78, 5) is 2.45. The predicted molar refractivity (Wildman–Crippen MR) is 283 cm³/mol. The number of rotatable bonds is 7. The highest BCUT2D eigenvalue weighted by molar-refractivity contribution is 6.15. The Morgan fingerprint density at radius 3 is 1.69 bits per heavy atom. The third-order valence-corrected chi connectivity index (χ3v) is 14.3. The maximum absolute atomic E-state index is 6.33. The molecule has 0 bridgehead atoms. The molecule has 1 heterocycles. The van der Waals surface area contributed by atoms with Gasteiger partial charge >= 0.3 is 0 Å². The van der Waals surface area contributed by atoms with E-state index >= 15 is 0 Å². The van der Waals surface area contributed by atoms with E-state index in [0.29, 0.717) is 0 Å². The quantitative estimate of drug-likeness (QED) is 0.149. The molecule has 0 atom stereocenters. The second-order valence-electron chi connectivity index (χ2n) is 18.4. The smallest absolute Gasteiger partial charge is 0.136 e. The standard InChI is InChI=1S/C65H45NO/c1-65(2)59-27-12-10-22-55(59)56-26-14-25-52(64(56)65)44-32-37-48(38-33-44)66(47-35-30-43(31-36-47)51-24-15-29-62-63(51)57-23-11-13-28-61(57)67-62)60-41-46(34-39-50(60)42-16-4-3-5-17-42)58-40-45-18-6-7-19-49(45)53-20-8-9-21-54(53)58/h3-41H,1-2H3. The molecule has 2 heteroatoms. The lowest BCUT2D eigenvalue weighted by Gasteiger charge is -2.29. The van der Waals surface area contributed by atoms with Crippen LogP contribution < -0.4 is 4.90 Å². The molecule has 0 unspecified atom stereocenters. The lowest BCUT2D eigenvalue weighted by atomic mass is 9.79. The monoisotopic (exact) mass is 855 g/mol. The van der Waals surface area contributed by atoms with Crippen molar-refractivity contribution in [1.82, 2.24) is 0 Å². The Kier molecular flexibility index (Phi) is 8.91. The van der Waals surface area contributed by atoms with Gasteiger partial charge in [-0.2, -0.15) is 0 Å². The van der Waals surface area contributed by atoms with E-state index in [2.05, 4.69) is 249 Å². The number of hydrogen-bond donors (Lipinski definition) is 0. The SMILES string of the molecule is CC1(C)c2ccccc2-c2cccc(-c3ccc(N(c4ccc(-c5cccc6oc7ccccc7c56)cc4)c4cc(-c5cc6ccccc6c6ccccc56)ccc4-c4ccccc4)cc3)c21. The summed E-state index contributed by atoms with van der Waals surface area (Å²) in [6.45, 7) is 4.74. The van der Waals surface area contributed by atoms with Crippen LogP contribution in [-0.4, -0.2) is 0 Å². The Hall–Kier alpha value is -8.46. The van der Waals surface area contributed by atoms with Crippen molar-refractivity contribution in [1.29, 1.82) is 0 Å². The van der Waals surface area contributed by atoms with E-state index in [9.17, 15) is 0 Å². The van der Waals surface area contributed by atoms with Crippen LogP contribution >= 0.6 is 0 Å². The molecule has 67 heavy (non-hydrogen) atoms. The first kappa shape index (κ1) is 39.0. The van der Waals surface area contributed by atoms with Gasteiger partial charge in [0.15, 0.2) is 0 Å². The van der Waals surface area contributed by atoms with Crippen LogP contribution in [0.4, 0.5) is 17.1 Å². The van der Waals surface area contributed by atoms with Crippen molar-refractivity contribution in [2.24, 2.45) is 0 Å². The van der Waals surface area contributed by atoms with Crippen molar-refractivity contribution in [3.8, 4) is 55.6 Å². The zero-order chi connectivity index (χ0) is 44.6. The minimum absolute atomic E-state index is 0.125. The molecule has 0 saturated carbocycles. The van der Waals surface area contributed by atoms with Gasteiger partial charge < -0.3 is 9.32 Å². The van der Waals surface area contributed by atoms with Gasteiger partial charge in [-0.1, -0.05) is 202 Å². The molecule has 0 spiro atoms. The summed E-state index contributed by atoms with van der Waals surface area (Å²) in [6, 6.07) is 86.5. The molecule has 0 fully saturated rings. The third kappa shape index (κ3) is 6.25. The van der Waals surface area contributed by atoms with Gasteiger partial charge in [0.1, 0.15) is 11.2 Å². The maximum atomic E-state index is 6.33. The van der Waals surface area contributed by atoms with Gasteiger partial charge in [0.2, 0.25) is 0 Å². The van der Waals surface area contributed by atoms with Crippen LogP contribution in [0.5, 0.6) is 0 Å². The van der Waals surface area contributed by atoms with Crippen LogP contribution in [-0.2, 0) is 5.41 Å². The Labute approximate surface area is 390 Å². The third-order valence-electron chi connectivity index (χ3n) is 14.3. The first-order chi connectivity index (χ1) is 33.0. The highest BCUT2D eigenvalue weighted by Gasteiger charge is 2.37. The summed E-state index contributed by atoms with van der Waals surface area (Å²) in [6.07, 6.45) is 0. The first-order valence-corrected chi connectivity index (χ1v) is 23.2. The molecule has 0 radical (unpaired) electrons. The molecule has 0 aliphatic heterocycles. The highest BCUT2D eigenvalue weighted by atomic mass is 16.3. The van der Waals surface area contributed by atoms with Crippen LogP contribution in [0.1, 0.15) is 25.0 Å². The van der Waals surface area contributed by atoms with Crippen molar-refractivity contribution < 1.29 is 4.42 Å². The van der Waals surface area contributed by atoms with Crippen LogP contribution in [0, 0.1) is 0 Å². The number of para-hydroxylation sites is 1. The summed E-state index contributed by atoms with van der Waals surface area (Å²) in [7, 11) is 0. The Morgan fingerprint density at radius 1 is 0.343 bits per heavy atom. The average molecular weight is 856 g/mol. The van der Waals surface area contributed by atoms with E-state index in [0.717, 1.165) is 66.8 Å². The van der Waals surface area contributed by atoms with Crippen LogP contribution in [0.25, 0.3) is 99.1 Å². The highest BCUT2D eigenvalue weighted by Crippen LogP contribution is 2.53. The molecule has 1 aliphatic rings. The molecule has 316 valence electrons. The Balaban J connectivity index is 1.01. The molecule has 11 aromatic carbocycles. The zero-order valence-corrected chi connectivity index (χ0v) is 37.4. The van der Waals surface area contributed by atoms with Gasteiger partial charge in [0.25, 0.3) is 0 Å². The lowest BCUT2D eigenvalue weighted by Crippen LogP contribution is -2.16. The molecule has 13 rings (SSSR count). The summed E-state index contributed by atoms with van der Waals surface area (Å²) in [5.74, 6) is 0. The van der Waals surface area contributed by atoms with Gasteiger partial charge in [0, 0.05) is 33.1 Å². The van der Waals surface area contributed by atoms with Gasteiger partial charge in [-0.05, 0) is 131 Å². The summed E-state index contributed by atoms with van der Waals surface area (Å²) in [5, 5.41) is 7.25. The van der Waals surface area contributed by atoms with Gasteiger partial charge in [-0.15, -0.1) is 0 Å². The summed E-state index contributed by atoms with van der Waals surface area (Å²) >= 11 is 0. The average Bonchev–Trinajstić information content (AvgIpc) is 3.89. The fraction of sp³-hybridized carbons (Fsp3) is 0.0462. The van der Waals surface area contributed by atoms with E-state index in [4.69, 9.17) is 4.42 Å². The van der Waals surface area contributed by atoms with Crippen molar-refractivity contribution in [3.05, 3.63) is 248 Å². The minimum atomic E-state index is -0.125. The predicted octanol–water partition coefficient (Wildman–Crippen LogP) is 18.3. The molecular weight excluding hydrogens is 811 g/mol. The molecule has 0 saturated heterocycles. The molecule has 0 amide bonds. The number of hydrogen-bond acceptors (Lipinski definition) is 2. The number of furan rings is 1. The van der Waals surface area contributed by atoms with Gasteiger partial charge in [-0.3, -0.25) is 0 Å². The van der Waals surface area contributed by atoms with Crippen molar-refractivity contribution in [2.75, 3.05) is 4.90 Å². The molecular formula is C65H45NO. The Morgan fingerprint density at radius 2 is 0.896 bits per heavy atom. The summed E-state index contributed by atoms with van der Waals surface area (Å²) < 4.78 is 6.33. The molecule has 12 aromatic rings. The van der Waals surface area contributed by atoms with Crippen molar-refractivity contribution in [3.63, 3.8) is 0 Å². The second-order valence-corrected chi connectivity index (χ2v) is 18.4. The van der Waals surface area contributed by atoms with E-state index in [-0.39, 0.29) is 5.41 Å².